The summed E-state index contributed by atoms with van der Waals surface area (Å²) in [5.41, 5.74) is 2.86. The average molecular weight is 424 g/mol. The second-order valence-electron chi connectivity index (χ2n) is 6.67. The molecule has 4 aromatic rings. The third kappa shape index (κ3) is 3.90. The number of benzene rings is 2. The third-order valence-corrected chi connectivity index (χ3v) is 5.77. The first-order chi connectivity index (χ1) is 14.4. The Morgan fingerprint density at radius 3 is 2.33 bits per heavy atom. The van der Waals surface area contributed by atoms with E-state index in [9.17, 15) is 8.42 Å². The number of fused-ring (bicyclic) bond motifs is 1. The zero-order chi connectivity index (χ0) is 21.3. The average Bonchev–Trinajstić information content (AvgIpc) is 3.17. The second-order valence-corrected chi connectivity index (χ2v) is 8.35. The fourth-order valence-corrected chi connectivity index (χ4v) is 3.91. The predicted octanol–water partition coefficient (Wildman–Crippen LogP) is 3.22. The number of nitrogens with one attached hydrogen (secondary N) is 2. The molecule has 2 heterocycles. The van der Waals surface area contributed by atoms with E-state index in [1.54, 1.807) is 20.2 Å². The molecular formula is C20H20N6O3S. The fraction of sp³-hybridized carbons (Fsp3) is 0.150. The van der Waals surface area contributed by atoms with E-state index in [1.165, 1.54) is 17.1 Å². The van der Waals surface area contributed by atoms with Crippen molar-refractivity contribution < 1.29 is 13.2 Å². The van der Waals surface area contributed by atoms with Crippen LogP contribution in [0.2, 0.25) is 0 Å². The number of nitrogens with zero attached hydrogens (tertiary/aromatic N) is 4. The maximum atomic E-state index is 12.8. The molecule has 0 aliphatic rings. The summed E-state index contributed by atoms with van der Waals surface area (Å²) in [4.78, 5) is 9.10. The molecule has 30 heavy (non-hydrogen) atoms. The highest BCUT2D eigenvalue weighted by atomic mass is 32.2. The van der Waals surface area contributed by atoms with Crippen LogP contribution in [0.1, 0.15) is 5.56 Å². The Balaban J connectivity index is 1.78. The predicted molar refractivity (Wildman–Crippen MR) is 115 cm³/mol. The Labute approximate surface area is 173 Å². The Hall–Kier alpha value is -3.66. The molecule has 10 heteroatoms. The van der Waals surface area contributed by atoms with Crippen LogP contribution in [-0.2, 0) is 17.1 Å². The number of rotatable bonds is 6. The minimum Gasteiger partial charge on any atom is -0.497 e. The molecule has 154 valence electrons. The van der Waals surface area contributed by atoms with Gasteiger partial charge in [-0.05, 0) is 42.8 Å². The van der Waals surface area contributed by atoms with Crippen LogP contribution < -0.4 is 14.8 Å². The van der Waals surface area contributed by atoms with Crippen molar-refractivity contribution in [1.82, 2.24) is 19.7 Å². The molecule has 0 saturated heterocycles. The largest absolute Gasteiger partial charge is 0.497 e. The maximum Gasteiger partial charge on any atom is 0.266 e. The van der Waals surface area contributed by atoms with Crippen LogP contribution in [0.3, 0.4) is 0 Å². The summed E-state index contributed by atoms with van der Waals surface area (Å²) in [5, 5.41) is 7.11. The minimum atomic E-state index is -3.89. The molecular weight excluding hydrogens is 404 g/mol. The molecule has 0 aliphatic heterocycles. The van der Waals surface area contributed by atoms with E-state index < -0.39 is 10.0 Å². The van der Waals surface area contributed by atoms with Crippen molar-refractivity contribution in [3.8, 4) is 5.75 Å². The molecule has 0 amide bonds. The summed E-state index contributed by atoms with van der Waals surface area (Å²) < 4.78 is 34.8. The molecule has 0 aliphatic carbocycles. The number of ether oxygens (including phenoxy) is 1. The Morgan fingerprint density at radius 1 is 1.03 bits per heavy atom. The summed E-state index contributed by atoms with van der Waals surface area (Å²) in [5.74, 6) is 1.10. The first kappa shape index (κ1) is 19.6. The molecule has 0 spiro atoms. The lowest BCUT2D eigenvalue weighted by Crippen LogP contribution is -2.15. The zero-order valence-corrected chi connectivity index (χ0v) is 17.4. The molecule has 2 N–H and O–H groups in total. The lowest BCUT2D eigenvalue weighted by atomic mass is 10.2. The topological polar surface area (TPSA) is 111 Å². The lowest BCUT2D eigenvalue weighted by Gasteiger charge is -2.15. The van der Waals surface area contributed by atoms with Crippen molar-refractivity contribution in [2.75, 3.05) is 17.1 Å². The first-order valence-corrected chi connectivity index (χ1v) is 10.5. The van der Waals surface area contributed by atoms with Crippen LogP contribution in [0.25, 0.3) is 11.0 Å². The Bertz CT molecular complexity index is 1330. The molecule has 0 atom stereocenters. The van der Waals surface area contributed by atoms with Gasteiger partial charge in [-0.25, -0.2) is 18.4 Å². The number of sulfonamides is 1. The Morgan fingerprint density at radius 2 is 1.73 bits per heavy atom. The minimum absolute atomic E-state index is 0.0338. The van der Waals surface area contributed by atoms with Gasteiger partial charge in [-0.2, -0.15) is 5.10 Å². The smallest absolute Gasteiger partial charge is 0.266 e. The molecule has 2 aromatic carbocycles. The van der Waals surface area contributed by atoms with Gasteiger partial charge in [-0.15, -0.1) is 0 Å². The quantitative estimate of drug-likeness (QED) is 0.489. The van der Waals surface area contributed by atoms with Crippen LogP contribution >= 0.6 is 0 Å². The molecule has 9 nitrogen and oxygen atoms in total. The van der Waals surface area contributed by atoms with Gasteiger partial charge in [0.2, 0.25) is 0 Å². The molecule has 0 radical (unpaired) electrons. The monoisotopic (exact) mass is 424 g/mol. The van der Waals surface area contributed by atoms with Crippen molar-refractivity contribution >= 4 is 38.4 Å². The van der Waals surface area contributed by atoms with Gasteiger partial charge in [-0.1, -0.05) is 12.1 Å². The highest BCUT2D eigenvalue weighted by molar-refractivity contribution is 7.92. The highest BCUT2D eigenvalue weighted by Gasteiger charge is 2.20. The first-order valence-electron chi connectivity index (χ1n) is 9.05. The molecule has 0 saturated carbocycles. The van der Waals surface area contributed by atoms with Crippen molar-refractivity contribution in [2.24, 2.45) is 7.05 Å². The molecule has 0 unspecified atom stereocenters. The van der Waals surface area contributed by atoms with Gasteiger partial charge in [0, 0.05) is 18.9 Å². The zero-order valence-electron chi connectivity index (χ0n) is 16.6. The van der Waals surface area contributed by atoms with E-state index in [1.807, 2.05) is 43.3 Å². The maximum absolute atomic E-state index is 12.8. The van der Waals surface area contributed by atoms with Crippen LogP contribution in [0.4, 0.5) is 17.3 Å². The van der Waals surface area contributed by atoms with E-state index in [4.69, 9.17) is 4.74 Å². The number of hydrogen-bond acceptors (Lipinski definition) is 7. The summed E-state index contributed by atoms with van der Waals surface area (Å²) >= 11 is 0. The summed E-state index contributed by atoms with van der Waals surface area (Å²) in [6, 6.07) is 12.8. The van der Waals surface area contributed by atoms with E-state index in [-0.39, 0.29) is 16.5 Å². The van der Waals surface area contributed by atoms with Gasteiger partial charge in [0.05, 0.1) is 24.3 Å². The molecule has 4 rings (SSSR count). The van der Waals surface area contributed by atoms with Crippen LogP contribution in [0.15, 0.2) is 59.8 Å². The van der Waals surface area contributed by atoms with Gasteiger partial charge in [0.25, 0.3) is 10.0 Å². The van der Waals surface area contributed by atoms with Crippen LogP contribution in [0, 0.1) is 6.92 Å². The SMILES string of the molecule is COc1ccc(Nc2nc3ccccc3nc2NS(=O)(=O)c2cnn(C)c2)c(C)c1. The fourth-order valence-electron chi connectivity index (χ4n) is 2.91. The standard InChI is InChI=1S/C20H20N6O3S/c1-13-10-14(29-3)8-9-16(13)22-19-20(24-18-7-5-4-6-17(18)23-19)25-30(27,28)15-11-21-26(2)12-15/h4-12H,1-3H3,(H,22,23)(H,24,25). The number of aromatic nitrogens is 4. The lowest BCUT2D eigenvalue weighted by molar-refractivity contribution is 0.414. The number of aryl methyl sites for hydroxylation is 2. The molecule has 2 aromatic heterocycles. The van der Waals surface area contributed by atoms with Crippen molar-refractivity contribution in [3.63, 3.8) is 0 Å². The van der Waals surface area contributed by atoms with Gasteiger partial charge < -0.3 is 10.1 Å². The van der Waals surface area contributed by atoms with Gasteiger partial charge >= 0.3 is 0 Å². The van der Waals surface area contributed by atoms with Crippen LogP contribution in [-0.4, -0.2) is 35.3 Å². The molecule has 0 bridgehead atoms. The normalized spacial score (nSPS) is 11.4. The van der Waals surface area contributed by atoms with Crippen LogP contribution in [0.5, 0.6) is 5.75 Å². The van der Waals surface area contributed by atoms with Crippen molar-refractivity contribution in [3.05, 3.63) is 60.4 Å². The van der Waals surface area contributed by atoms with Gasteiger partial charge in [-0.3, -0.25) is 9.40 Å². The number of anilines is 3. The van der Waals surface area contributed by atoms with Crippen molar-refractivity contribution in [2.45, 2.75) is 11.8 Å². The summed E-state index contributed by atoms with van der Waals surface area (Å²) in [6.07, 6.45) is 2.69. The number of para-hydroxylation sites is 2. The van der Waals surface area contributed by atoms with E-state index in [2.05, 4.69) is 25.1 Å². The van der Waals surface area contributed by atoms with Gasteiger partial charge in [0.15, 0.2) is 11.6 Å². The van der Waals surface area contributed by atoms with Crippen molar-refractivity contribution in [1.29, 1.82) is 0 Å². The summed E-state index contributed by atoms with van der Waals surface area (Å²) in [7, 11) is -0.646. The highest BCUT2D eigenvalue weighted by Crippen LogP contribution is 2.29. The second kappa shape index (κ2) is 7.64. The Kier molecular flexibility index (Phi) is 5.00. The molecule has 0 fully saturated rings. The number of methoxy groups -OCH3 is 1. The van der Waals surface area contributed by atoms with Gasteiger partial charge in [0.1, 0.15) is 10.6 Å². The van der Waals surface area contributed by atoms with E-state index >= 15 is 0 Å². The number of hydrogen-bond donors (Lipinski definition) is 2. The van der Waals surface area contributed by atoms with E-state index in [0.29, 0.717) is 11.0 Å². The van der Waals surface area contributed by atoms with E-state index in [0.717, 1.165) is 17.0 Å². The third-order valence-electron chi connectivity index (χ3n) is 4.48. The summed E-state index contributed by atoms with van der Waals surface area (Å²) in [6.45, 7) is 1.92.